The molecule has 172 valence electrons. The second kappa shape index (κ2) is 10.2. The number of benzene rings is 3. The van der Waals surface area contributed by atoms with Crippen LogP contribution in [0.3, 0.4) is 0 Å². The molecule has 0 aliphatic rings. The van der Waals surface area contributed by atoms with Crippen LogP contribution in [-0.2, 0) is 11.3 Å². The number of halogens is 2. The van der Waals surface area contributed by atoms with Crippen LogP contribution < -0.4 is 5.32 Å². The normalized spacial score (nSPS) is 10.8. The van der Waals surface area contributed by atoms with Crippen LogP contribution in [0, 0.1) is 21.7 Å². The molecule has 0 bridgehead atoms. The lowest BCUT2D eigenvalue weighted by Gasteiger charge is -2.11. The minimum atomic E-state index is -0.993. The molecule has 0 aliphatic carbocycles. The van der Waals surface area contributed by atoms with Crippen LogP contribution in [0.1, 0.15) is 5.56 Å². The van der Waals surface area contributed by atoms with Gasteiger partial charge in [0.25, 0.3) is 0 Å². The van der Waals surface area contributed by atoms with Crippen LogP contribution >= 0.6 is 11.8 Å². The van der Waals surface area contributed by atoms with E-state index in [2.05, 4.69) is 15.5 Å². The van der Waals surface area contributed by atoms with Gasteiger partial charge in [0.05, 0.1) is 22.8 Å². The Kier molecular flexibility index (Phi) is 6.93. The first-order chi connectivity index (χ1) is 16.4. The van der Waals surface area contributed by atoms with E-state index in [4.69, 9.17) is 0 Å². The molecule has 3 aromatic carbocycles. The van der Waals surface area contributed by atoms with Crippen molar-refractivity contribution >= 4 is 29.0 Å². The molecule has 11 heteroatoms. The van der Waals surface area contributed by atoms with Crippen LogP contribution in [0.4, 0.5) is 20.2 Å². The maximum absolute atomic E-state index is 14.5. The van der Waals surface area contributed by atoms with Gasteiger partial charge in [-0.3, -0.25) is 19.5 Å². The van der Waals surface area contributed by atoms with Crippen molar-refractivity contribution in [1.82, 2.24) is 14.8 Å². The number of nitro groups is 1. The first kappa shape index (κ1) is 23.1. The van der Waals surface area contributed by atoms with Crippen LogP contribution in [0.15, 0.2) is 78.0 Å². The minimum absolute atomic E-state index is 0.0940. The second-order valence-corrected chi connectivity index (χ2v) is 8.06. The summed E-state index contributed by atoms with van der Waals surface area (Å²) in [5.74, 6) is -1.70. The first-order valence-electron chi connectivity index (χ1n) is 10.0. The molecular formula is C23H17F2N5O3S. The Bertz CT molecular complexity index is 1350. The number of anilines is 1. The number of carbonyl (C=O) groups is 1. The van der Waals surface area contributed by atoms with Crippen molar-refractivity contribution in [3.8, 4) is 11.4 Å². The summed E-state index contributed by atoms with van der Waals surface area (Å²) >= 11 is 1.08. The molecule has 1 N–H and O–H groups in total. The van der Waals surface area contributed by atoms with Crippen molar-refractivity contribution in [1.29, 1.82) is 0 Å². The third kappa shape index (κ3) is 5.26. The van der Waals surface area contributed by atoms with Gasteiger partial charge in [-0.2, -0.15) is 4.39 Å². The molecular weight excluding hydrogens is 464 g/mol. The highest BCUT2D eigenvalue weighted by Gasteiger charge is 2.19. The van der Waals surface area contributed by atoms with E-state index < -0.39 is 28.2 Å². The van der Waals surface area contributed by atoms with Crippen LogP contribution in [0.2, 0.25) is 0 Å². The number of nitrogens with one attached hydrogen (secondary N) is 1. The summed E-state index contributed by atoms with van der Waals surface area (Å²) in [5.41, 5.74) is 0.574. The van der Waals surface area contributed by atoms with E-state index in [1.54, 1.807) is 22.8 Å². The second-order valence-electron chi connectivity index (χ2n) is 7.12. The van der Waals surface area contributed by atoms with E-state index in [0.29, 0.717) is 17.5 Å². The lowest BCUT2D eigenvalue weighted by Crippen LogP contribution is -2.15. The fraction of sp³-hybridized carbons (Fsp3) is 0.0870. The van der Waals surface area contributed by atoms with Gasteiger partial charge < -0.3 is 5.32 Å². The van der Waals surface area contributed by atoms with Crippen molar-refractivity contribution in [2.75, 3.05) is 11.1 Å². The molecule has 1 heterocycles. The number of amides is 1. The van der Waals surface area contributed by atoms with Crippen LogP contribution in [0.25, 0.3) is 11.4 Å². The predicted octanol–water partition coefficient (Wildman–Crippen LogP) is 4.91. The van der Waals surface area contributed by atoms with Gasteiger partial charge in [0.15, 0.2) is 11.0 Å². The van der Waals surface area contributed by atoms with E-state index in [0.717, 1.165) is 29.5 Å². The topological polar surface area (TPSA) is 103 Å². The molecule has 0 saturated carbocycles. The standard InChI is InChI=1S/C23H17F2N5O3S/c24-18-9-5-4-8-17(18)22-27-28-23(29(22)13-15-6-2-1-3-7-15)34-14-21(31)26-16-10-11-19(25)20(12-16)30(32)33/h1-12H,13-14H2,(H,26,31). The van der Waals surface area contributed by atoms with Crippen LogP contribution in [-0.4, -0.2) is 31.3 Å². The molecule has 34 heavy (non-hydrogen) atoms. The van der Waals surface area contributed by atoms with Gasteiger partial charge >= 0.3 is 5.69 Å². The van der Waals surface area contributed by atoms with Gasteiger partial charge in [0.1, 0.15) is 5.82 Å². The lowest BCUT2D eigenvalue weighted by atomic mass is 10.2. The van der Waals surface area contributed by atoms with E-state index >= 15 is 0 Å². The maximum Gasteiger partial charge on any atom is 0.306 e. The van der Waals surface area contributed by atoms with Crippen molar-refractivity contribution < 1.29 is 18.5 Å². The fourth-order valence-electron chi connectivity index (χ4n) is 3.20. The molecule has 0 atom stereocenters. The summed E-state index contributed by atoms with van der Waals surface area (Å²) < 4.78 is 29.7. The van der Waals surface area contributed by atoms with Crippen molar-refractivity contribution in [3.05, 3.63) is 100 Å². The smallest absolute Gasteiger partial charge is 0.306 e. The average Bonchev–Trinajstić information content (AvgIpc) is 3.22. The Labute approximate surface area is 196 Å². The third-order valence-electron chi connectivity index (χ3n) is 4.77. The molecule has 8 nitrogen and oxygen atoms in total. The Hall–Kier alpha value is -4.12. The van der Waals surface area contributed by atoms with Gasteiger partial charge in [0, 0.05) is 11.8 Å². The molecule has 4 aromatic rings. The number of carbonyl (C=O) groups excluding carboxylic acids is 1. The molecule has 4 rings (SSSR count). The van der Waals surface area contributed by atoms with Gasteiger partial charge in [-0.15, -0.1) is 10.2 Å². The van der Waals surface area contributed by atoms with Crippen molar-refractivity contribution in [2.45, 2.75) is 11.7 Å². The Morgan fingerprint density at radius 3 is 2.47 bits per heavy atom. The summed E-state index contributed by atoms with van der Waals surface area (Å²) in [5, 5.41) is 22.1. The Morgan fingerprint density at radius 1 is 1.00 bits per heavy atom. The summed E-state index contributed by atoms with van der Waals surface area (Å²) in [6.45, 7) is 0.353. The highest BCUT2D eigenvalue weighted by atomic mass is 32.2. The zero-order chi connectivity index (χ0) is 24.1. The summed E-state index contributed by atoms with van der Waals surface area (Å²) in [4.78, 5) is 22.5. The lowest BCUT2D eigenvalue weighted by molar-refractivity contribution is -0.387. The van der Waals surface area contributed by atoms with E-state index in [9.17, 15) is 23.7 Å². The number of nitro benzene ring substituents is 1. The molecule has 0 saturated heterocycles. The molecule has 0 unspecified atom stereocenters. The number of hydrogen-bond acceptors (Lipinski definition) is 6. The SMILES string of the molecule is O=C(CSc1nnc(-c2ccccc2F)n1Cc1ccccc1)Nc1ccc(F)c([N+](=O)[O-])c1. The summed E-state index contributed by atoms with van der Waals surface area (Å²) in [6.07, 6.45) is 0. The molecule has 1 aromatic heterocycles. The third-order valence-corrected chi connectivity index (χ3v) is 5.74. The maximum atomic E-state index is 14.5. The van der Waals surface area contributed by atoms with Gasteiger partial charge in [-0.25, -0.2) is 4.39 Å². The van der Waals surface area contributed by atoms with E-state index in [1.165, 1.54) is 12.1 Å². The Morgan fingerprint density at radius 2 is 1.74 bits per heavy atom. The number of hydrogen-bond donors (Lipinski definition) is 1. The zero-order valence-electron chi connectivity index (χ0n) is 17.5. The van der Waals surface area contributed by atoms with E-state index in [-0.39, 0.29) is 17.0 Å². The fourth-order valence-corrected chi connectivity index (χ4v) is 3.94. The highest BCUT2D eigenvalue weighted by molar-refractivity contribution is 7.99. The number of aromatic nitrogens is 3. The van der Waals surface area contributed by atoms with Gasteiger partial charge in [0.2, 0.25) is 11.7 Å². The van der Waals surface area contributed by atoms with Crippen molar-refractivity contribution in [2.24, 2.45) is 0 Å². The van der Waals surface area contributed by atoms with Gasteiger partial charge in [-0.05, 0) is 29.8 Å². The van der Waals surface area contributed by atoms with Gasteiger partial charge in [-0.1, -0.05) is 54.2 Å². The predicted molar refractivity (Wildman–Crippen MR) is 123 cm³/mol. The van der Waals surface area contributed by atoms with Crippen molar-refractivity contribution in [3.63, 3.8) is 0 Å². The summed E-state index contributed by atoms with van der Waals surface area (Å²) in [7, 11) is 0. The van der Waals surface area contributed by atoms with E-state index in [1.807, 2.05) is 30.3 Å². The quantitative estimate of drug-likeness (QED) is 0.218. The Balaban J connectivity index is 1.55. The largest absolute Gasteiger partial charge is 0.325 e. The molecule has 0 aliphatic heterocycles. The minimum Gasteiger partial charge on any atom is -0.325 e. The molecule has 0 fully saturated rings. The number of thioether (sulfide) groups is 1. The summed E-state index contributed by atoms with van der Waals surface area (Å²) in [6, 6.07) is 18.8. The molecule has 1 amide bonds. The average molecular weight is 481 g/mol. The first-order valence-corrected chi connectivity index (χ1v) is 11.0. The number of nitrogens with zero attached hydrogens (tertiary/aromatic N) is 4. The monoisotopic (exact) mass is 481 g/mol. The number of rotatable bonds is 8. The molecule has 0 spiro atoms. The highest BCUT2D eigenvalue weighted by Crippen LogP contribution is 2.27. The molecule has 0 radical (unpaired) electrons. The van der Waals surface area contributed by atoms with Crippen LogP contribution in [0.5, 0.6) is 0 Å². The zero-order valence-corrected chi connectivity index (χ0v) is 18.3.